The molecule has 1 aliphatic heterocycles. The summed E-state index contributed by atoms with van der Waals surface area (Å²) in [5, 5.41) is 3.27. The molecule has 190 valence electrons. The molecule has 0 bridgehead atoms. The lowest BCUT2D eigenvalue weighted by Crippen LogP contribution is -2.56. The Kier molecular flexibility index (Phi) is 10.9. The summed E-state index contributed by atoms with van der Waals surface area (Å²) in [6.07, 6.45) is 1.19. The van der Waals surface area contributed by atoms with Crippen LogP contribution in [0.25, 0.3) is 0 Å². The minimum absolute atomic E-state index is 0.0952. The van der Waals surface area contributed by atoms with Crippen LogP contribution in [0, 0.1) is 5.92 Å². The van der Waals surface area contributed by atoms with Gasteiger partial charge in [-0.25, -0.2) is 0 Å². The molecule has 0 aromatic heterocycles. The highest BCUT2D eigenvalue weighted by atomic mass is 32.2. The molecule has 3 atom stereocenters. The summed E-state index contributed by atoms with van der Waals surface area (Å²) in [7, 11) is 0. The Morgan fingerprint density at radius 2 is 1.85 bits per heavy atom. The fourth-order valence-electron chi connectivity index (χ4n) is 3.92. The molecule has 0 aliphatic carbocycles. The zero-order chi connectivity index (χ0) is 25.3. The number of benzene rings is 1. The molecule has 1 saturated heterocycles. The van der Waals surface area contributed by atoms with Gasteiger partial charge in [-0.3, -0.25) is 19.7 Å². The van der Waals surface area contributed by atoms with Crippen molar-refractivity contribution < 1.29 is 23.9 Å². The number of nitrogens with one attached hydrogen (secondary N) is 1. The molecule has 1 fully saturated rings. The topological polar surface area (TPSA) is 84.9 Å². The minimum atomic E-state index is -0.627. The first kappa shape index (κ1) is 28.2. The van der Waals surface area contributed by atoms with Gasteiger partial charge in [-0.2, -0.15) is 11.8 Å². The van der Waals surface area contributed by atoms with Gasteiger partial charge in [0.1, 0.15) is 18.2 Å². The van der Waals surface area contributed by atoms with Crippen molar-refractivity contribution in [2.75, 3.05) is 24.7 Å². The number of carbonyl (C=O) groups excluding carboxylic acids is 3. The average Bonchev–Trinajstić information content (AvgIpc) is 2.90. The van der Waals surface area contributed by atoms with Crippen molar-refractivity contribution in [1.29, 1.82) is 0 Å². The summed E-state index contributed by atoms with van der Waals surface area (Å²) in [5.74, 6) is 0.454. The molecule has 0 spiro atoms. The van der Waals surface area contributed by atoms with E-state index in [-0.39, 0.29) is 37.0 Å². The number of esters is 2. The van der Waals surface area contributed by atoms with Gasteiger partial charge in [-0.05, 0) is 52.0 Å². The second-order valence-corrected chi connectivity index (χ2v) is 11.0. The molecule has 1 aromatic rings. The van der Waals surface area contributed by atoms with Gasteiger partial charge < -0.3 is 14.4 Å². The molecule has 1 aliphatic rings. The molecular formula is C26H40N2O5S. The second-order valence-electron chi connectivity index (χ2n) is 9.95. The van der Waals surface area contributed by atoms with E-state index in [4.69, 9.17) is 9.47 Å². The highest BCUT2D eigenvalue weighted by molar-refractivity contribution is 7.99. The Labute approximate surface area is 208 Å². The summed E-state index contributed by atoms with van der Waals surface area (Å²) in [4.78, 5) is 40.6. The van der Waals surface area contributed by atoms with E-state index in [0.717, 1.165) is 11.3 Å². The van der Waals surface area contributed by atoms with Crippen LogP contribution in [0.3, 0.4) is 0 Å². The summed E-state index contributed by atoms with van der Waals surface area (Å²) >= 11 is 1.66. The molecule has 0 saturated carbocycles. The van der Waals surface area contributed by atoms with Crippen molar-refractivity contribution in [3.8, 4) is 0 Å². The molecule has 1 heterocycles. The third kappa shape index (κ3) is 8.95. The molecule has 0 radical (unpaired) electrons. The smallest absolute Gasteiger partial charge is 0.326 e. The first-order chi connectivity index (χ1) is 16.0. The predicted molar refractivity (Wildman–Crippen MR) is 136 cm³/mol. The van der Waals surface area contributed by atoms with Gasteiger partial charge in [0.2, 0.25) is 5.91 Å². The molecule has 2 rings (SSSR count). The predicted octanol–water partition coefficient (Wildman–Crippen LogP) is 3.45. The number of thioether (sulfide) groups is 1. The van der Waals surface area contributed by atoms with Crippen LogP contribution in [-0.2, 0) is 30.3 Å². The van der Waals surface area contributed by atoms with Crippen LogP contribution in [0.15, 0.2) is 30.3 Å². The Morgan fingerprint density at radius 1 is 1.18 bits per heavy atom. The highest BCUT2D eigenvalue weighted by Crippen LogP contribution is 2.24. The Hall–Kier alpha value is -2.06. The monoisotopic (exact) mass is 492 g/mol. The quantitative estimate of drug-likeness (QED) is 0.501. The van der Waals surface area contributed by atoms with Gasteiger partial charge in [0.15, 0.2) is 0 Å². The van der Waals surface area contributed by atoms with Crippen LogP contribution in [0.2, 0.25) is 0 Å². The van der Waals surface area contributed by atoms with Gasteiger partial charge in [-0.15, -0.1) is 0 Å². The van der Waals surface area contributed by atoms with E-state index < -0.39 is 23.7 Å². The van der Waals surface area contributed by atoms with E-state index in [1.54, 1.807) is 23.6 Å². The van der Waals surface area contributed by atoms with E-state index in [1.807, 2.05) is 51.1 Å². The van der Waals surface area contributed by atoms with Crippen molar-refractivity contribution in [1.82, 2.24) is 10.2 Å². The maximum Gasteiger partial charge on any atom is 0.326 e. The normalized spacial score (nSPS) is 20.1. The fraction of sp³-hybridized carbons (Fsp3) is 0.654. The van der Waals surface area contributed by atoms with E-state index >= 15 is 0 Å². The van der Waals surface area contributed by atoms with Crippen molar-refractivity contribution in [2.24, 2.45) is 5.92 Å². The summed E-state index contributed by atoms with van der Waals surface area (Å²) in [5.41, 5.74) is 0.490. The molecule has 3 unspecified atom stereocenters. The highest BCUT2D eigenvalue weighted by Gasteiger charge is 2.38. The lowest BCUT2D eigenvalue weighted by atomic mass is 10.0. The molecule has 1 aromatic carbocycles. The van der Waals surface area contributed by atoms with Crippen LogP contribution >= 0.6 is 11.8 Å². The van der Waals surface area contributed by atoms with Gasteiger partial charge in [0.05, 0.1) is 12.6 Å². The van der Waals surface area contributed by atoms with Crippen molar-refractivity contribution in [3.63, 3.8) is 0 Å². The van der Waals surface area contributed by atoms with E-state index in [2.05, 4.69) is 19.2 Å². The lowest BCUT2D eigenvalue weighted by Gasteiger charge is -2.34. The second kappa shape index (κ2) is 13.1. The SMILES string of the molecule is CCOC(=O)C(CCc1ccccc1)NC1CSCC(C(C)C)N(CC(=O)OC(C)(C)C)C1=O. The zero-order valence-corrected chi connectivity index (χ0v) is 22.2. The maximum atomic E-state index is 13.6. The number of aryl methyl sites for hydroxylation is 1. The van der Waals surface area contributed by atoms with Gasteiger partial charge >= 0.3 is 11.9 Å². The number of hydrogen-bond donors (Lipinski definition) is 1. The van der Waals surface area contributed by atoms with Crippen molar-refractivity contribution in [2.45, 2.75) is 78.1 Å². The first-order valence-electron chi connectivity index (χ1n) is 12.1. The average molecular weight is 493 g/mol. The van der Waals surface area contributed by atoms with Gasteiger partial charge in [0, 0.05) is 17.5 Å². The van der Waals surface area contributed by atoms with Crippen LogP contribution < -0.4 is 5.32 Å². The minimum Gasteiger partial charge on any atom is -0.465 e. The van der Waals surface area contributed by atoms with E-state index in [0.29, 0.717) is 18.6 Å². The summed E-state index contributed by atoms with van der Waals surface area (Å²) in [6, 6.07) is 8.62. The Balaban J connectivity index is 2.19. The number of rotatable bonds is 10. The van der Waals surface area contributed by atoms with Crippen LogP contribution in [-0.4, -0.2) is 71.1 Å². The molecule has 34 heavy (non-hydrogen) atoms. The fourth-order valence-corrected chi connectivity index (χ4v) is 5.34. The van der Waals surface area contributed by atoms with E-state index in [1.165, 1.54) is 0 Å². The van der Waals surface area contributed by atoms with Gasteiger partial charge in [0.25, 0.3) is 0 Å². The molecule has 7 nitrogen and oxygen atoms in total. The summed E-state index contributed by atoms with van der Waals surface area (Å²) in [6.45, 7) is 11.5. The number of carbonyl (C=O) groups is 3. The lowest BCUT2D eigenvalue weighted by molar-refractivity contribution is -0.160. The Bertz CT molecular complexity index is 809. The molecule has 8 heteroatoms. The van der Waals surface area contributed by atoms with Gasteiger partial charge in [-0.1, -0.05) is 44.2 Å². The molecular weight excluding hydrogens is 452 g/mol. The molecule has 1 amide bonds. The largest absolute Gasteiger partial charge is 0.465 e. The molecule has 1 N–H and O–H groups in total. The number of hydrogen-bond acceptors (Lipinski definition) is 7. The standard InChI is InChI=1S/C26H40N2O5S/c1-7-32-25(31)20(14-13-19-11-9-8-10-12-19)27-21-16-34-17-22(18(2)3)28(24(21)30)15-23(29)33-26(4,5)6/h8-12,18,20-22,27H,7,13-17H2,1-6H3. The summed E-state index contributed by atoms with van der Waals surface area (Å²) < 4.78 is 10.8. The Morgan fingerprint density at radius 3 is 2.44 bits per heavy atom. The van der Waals surface area contributed by atoms with Crippen LogP contribution in [0.5, 0.6) is 0 Å². The number of ether oxygens (including phenoxy) is 2. The number of nitrogens with zero attached hydrogens (tertiary/aromatic N) is 1. The zero-order valence-electron chi connectivity index (χ0n) is 21.3. The third-order valence-electron chi connectivity index (χ3n) is 5.58. The number of amides is 1. The third-order valence-corrected chi connectivity index (χ3v) is 6.73. The van der Waals surface area contributed by atoms with E-state index in [9.17, 15) is 14.4 Å². The first-order valence-corrected chi connectivity index (χ1v) is 13.2. The van der Waals surface area contributed by atoms with Crippen molar-refractivity contribution >= 4 is 29.6 Å². The van der Waals surface area contributed by atoms with Crippen LogP contribution in [0.4, 0.5) is 0 Å². The maximum absolute atomic E-state index is 13.6. The van der Waals surface area contributed by atoms with Crippen molar-refractivity contribution in [3.05, 3.63) is 35.9 Å². The van der Waals surface area contributed by atoms with Crippen LogP contribution in [0.1, 0.15) is 53.5 Å².